The number of hydrogen-bond acceptors (Lipinski definition) is 3. The van der Waals surface area contributed by atoms with Gasteiger partial charge in [0.2, 0.25) is 0 Å². The van der Waals surface area contributed by atoms with Gasteiger partial charge in [-0.3, -0.25) is 0 Å². The third-order valence-corrected chi connectivity index (χ3v) is 2.03. The van der Waals surface area contributed by atoms with E-state index < -0.39 is 0 Å². The van der Waals surface area contributed by atoms with Crippen molar-refractivity contribution in [2.45, 2.75) is 26.8 Å². The maximum Gasteiger partial charge on any atom is 0.200 e. The average Bonchev–Trinajstić information content (AvgIpc) is 2.48. The fraction of sp³-hybridized carbons (Fsp3) is 0.556. The minimum atomic E-state index is -0.295. The summed E-state index contributed by atoms with van der Waals surface area (Å²) in [5.41, 5.74) is 5.29. The van der Waals surface area contributed by atoms with Crippen LogP contribution in [0.25, 0.3) is 0 Å². The van der Waals surface area contributed by atoms with E-state index in [1.54, 1.807) is 6.20 Å². The Morgan fingerprint density at radius 2 is 2.38 bits per heavy atom. The molecule has 0 aromatic carbocycles. The molecule has 0 radical (unpaired) electrons. The zero-order valence-corrected chi connectivity index (χ0v) is 7.99. The van der Waals surface area contributed by atoms with Gasteiger partial charge >= 0.3 is 0 Å². The Morgan fingerprint density at radius 3 is 2.85 bits per heavy atom. The number of hydrogen-bond donors (Lipinski definition) is 1. The van der Waals surface area contributed by atoms with Crippen molar-refractivity contribution in [3.05, 3.63) is 12.4 Å². The Balaban J connectivity index is 2.54. The van der Waals surface area contributed by atoms with Gasteiger partial charge in [0.05, 0.1) is 11.5 Å². The highest BCUT2D eigenvalue weighted by Crippen LogP contribution is 2.19. The summed E-state index contributed by atoms with van der Waals surface area (Å²) in [6.07, 6.45) is 4.27. The molecule has 0 atom stereocenters. The highest BCUT2D eigenvalue weighted by molar-refractivity contribution is 5.16. The predicted octanol–water partition coefficient (Wildman–Crippen LogP) is 1.41. The molecule has 4 nitrogen and oxygen atoms in total. The van der Waals surface area contributed by atoms with Gasteiger partial charge < -0.3 is 10.3 Å². The van der Waals surface area contributed by atoms with Gasteiger partial charge in [-0.1, -0.05) is 0 Å². The first-order chi connectivity index (χ1) is 6.05. The summed E-state index contributed by atoms with van der Waals surface area (Å²) in [5.74, 6) is 0.508. The Morgan fingerprint density at radius 1 is 1.69 bits per heavy atom. The Bertz CT molecular complexity index is 319. The van der Waals surface area contributed by atoms with E-state index in [1.807, 2.05) is 24.6 Å². The molecule has 0 aliphatic heterocycles. The van der Waals surface area contributed by atoms with Gasteiger partial charge in [0.1, 0.15) is 0 Å². The van der Waals surface area contributed by atoms with Crippen LogP contribution in [0, 0.1) is 16.7 Å². The van der Waals surface area contributed by atoms with Crippen LogP contribution in [-0.4, -0.2) is 9.55 Å². The summed E-state index contributed by atoms with van der Waals surface area (Å²) in [4.78, 5) is 3.90. The molecule has 0 amide bonds. The predicted molar refractivity (Wildman–Crippen MR) is 50.7 cm³/mol. The smallest absolute Gasteiger partial charge is 0.200 e. The van der Waals surface area contributed by atoms with E-state index in [0.29, 0.717) is 5.95 Å². The number of nitriles is 1. The standard InChI is InChI=1S/C9H14N4/c1-9(2,7-10)3-5-13-6-4-12-8(13)11/h4,6H,3,5H2,1-2H3,(H2,11,12). The van der Waals surface area contributed by atoms with Crippen molar-refractivity contribution in [1.29, 1.82) is 5.26 Å². The molecule has 0 saturated carbocycles. The number of rotatable bonds is 3. The second-order valence-electron chi connectivity index (χ2n) is 3.72. The molecule has 1 aromatic rings. The lowest BCUT2D eigenvalue weighted by Crippen LogP contribution is -2.13. The Hall–Kier alpha value is -1.50. The minimum absolute atomic E-state index is 0.295. The summed E-state index contributed by atoms with van der Waals surface area (Å²) in [6, 6.07) is 2.25. The fourth-order valence-electron chi connectivity index (χ4n) is 0.986. The molecule has 1 rings (SSSR count). The maximum atomic E-state index is 8.79. The quantitative estimate of drug-likeness (QED) is 0.760. The number of nitrogens with zero attached hydrogens (tertiary/aromatic N) is 3. The number of aromatic nitrogens is 2. The van der Waals surface area contributed by atoms with Crippen LogP contribution < -0.4 is 5.73 Å². The molecule has 0 unspecified atom stereocenters. The molecule has 1 heterocycles. The molecule has 1 aromatic heterocycles. The third-order valence-electron chi connectivity index (χ3n) is 2.03. The van der Waals surface area contributed by atoms with Crippen LogP contribution in [0.15, 0.2) is 12.4 Å². The molecule has 0 aliphatic rings. The first-order valence-electron chi connectivity index (χ1n) is 4.23. The molecule has 0 aliphatic carbocycles. The molecule has 0 bridgehead atoms. The number of anilines is 1. The van der Waals surface area contributed by atoms with E-state index in [0.717, 1.165) is 13.0 Å². The normalized spacial score (nSPS) is 11.2. The highest BCUT2D eigenvalue weighted by Gasteiger charge is 2.16. The summed E-state index contributed by atoms with van der Waals surface area (Å²) < 4.78 is 1.85. The fourth-order valence-corrected chi connectivity index (χ4v) is 0.986. The maximum absolute atomic E-state index is 8.79. The van der Waals surface area contributed by atoms with Gasteiger partial charge in [0.25, 0.3) is 0 Å². The van der Waals surface area contributed by atoms with Gasteiger partial charge in [0.15, 0.2) is 5.95 Å². The van der Waals surface area contributed by atoms with E-state index in [1.165, 1.54) is 0 Å². The SMILES string of the molecule is CC(C)(C#N)CCn1ccnc1N. The molecular weight excluding hydrogens is 164 g/mol. The van der Waals surface area contributed by atoms with Crippen LogP contribution in [0.5, 0.6) is 0 Å². The zero-order valence-electron chi connectivity index (χ0n) is 7.99. The van der Waals surface area contributed by atoms with Crippen molar-refractivity contribution in [2.24, 2.45) is 5.41 Å². The zero-order chi connectivity index (χ0) is 9.90. The molecular formula is C9H14N4. The van der Waals surface area contributed by atoms with Gasteiger partial charge in [-0.15, -0.1) is 0 Å². The molecule has 0 saturated heterocycles. The van der Waals surface area contributed by atoms with Crippen LogP contribution in [0.2, 0.25) is 0 Å². The van der Waals surface area contributed by atoms with Crippen molar-refractivity contribution in [2.75, 3.05) is 5.73 Å². The van der Waals surface area contributed by atoms with Crippen molar-refractivity contribution in [1.82, 2.24) is 9.55 Å². The van der Waals surface area contributed by atoms with Crippen LogP contribution >= 0.6 is 0 Å². The molecule has 0 fully saturated rings. The lowest BCUT2D eigenvalue weighted by molar-refractivity contribution is 0.415. The molecule has 0 spiro atoms. The van der Waals surface area contributed by atoms with Gasteiger partial charge in [-0.25, -0.2) is 4.98 Å². The molecule has 2 N–H and O–H groups in total. The van der Waals surface area contributed by atoms with Crippen LogP contribution in [0.4, 0.5) is 5.95 Å². The number of imidazole rings is 1. The summed E-state index contributed by atoms with van der Waals surface area (Å²) in [7, 11) is 0. The first kappa shape index (κ1) is 9.59. The van der Waals surface area contributed by atoms with E-state index >= 15 is 0 Å². The average molecular weight is 178 g/mol. The van der Waals surface area contributed by atoms with Crippen molar-refractivity contribution in [3.8, 4) is 6.07 Å². The van der Waals surface area contributed by atoms with E-state index in [-0.39, 0.29) is 5.41 Å². The monoisotopic (exact) mass is 178 g/mol. The summed E-state index contributed by atoms with van der Waals surface area (Å²) in [5, 5.41) is 8.79. The number of nitrogens with two attached hydrogens (primary N) is 1. The molecule has 70 valence electrons. The molecule has 13 heavy (non-hydrogen) atoms. The first-order valence-corrected chi connectivity index (χ1v) is 4.23. The van der Waals surface area contributed by atoms with Crippen molar-refractivity contribution < 1.29 is 0 Å². The van der Waals surface area contributed by atoms with E-state index in [4.69, 9.17) is 11.0 Å². The van der Waals surface area contributed by atoms with Crippen LogP contribution in [0.1, 0.15) is 20.3 Å². The van der Waals surface area contributed by atoms with Crippen LogP contribution in [0.3, 0.4) is 0 Å². The van der Waals surface area contributed by atoms with Gasteiger partial charge in [0, 0.05) is 18.9 Å². The summed E-state index contributed by atoms with van der Waals surface area (Å²) >= 11 is 0. The van der Waals surface area contributed by atoms with Crippen molar-refractivity contribution in [3.63, 3.8) is 0 Å². The topological polar surface area (TPSA) is 67.6 Å². The minimum Gasteiger partial charge on any atom is -0.369 e. The third kappa shape index (κ3) is 2.48. The van der Waals surface area contributed by atoms with Gasteiger partial charge in [-0.05, 0) is 20.3 Å². The summed E-state index contributed by atoms with van der Waals surface area (Å²) in [6.45, 7) is 4.58. The number of nitrogen functional groups attached to an aromatic ring is 1. The van der Waals surface area contributed by atoms with Crippen molar-refractivity contribution >= 4 is 5.95 Å². The lowest BCUT2D eigenvalue weighted by atomic mass is 9.91. The second-order valence-corrected chi connectivity index (χ2v) is 3.72. The lowest BCUT2D eigenvalue weighted by Gasteiger charge is -2.15. The van der Waals surface area contributed by atoms with Gasteiger partial charge in [-0.2, -0.15) is 5.26 Å². The molecule has 4 heteroatoms. The largest absolute Gasteiger partial charge is 0.369 e. The van der Waals surface area contributed by atoms with E-state index in [9.17, 15) is 0 Å². The Labute approximate surface area is 78.0 Å². The Kier molecular flexibility index (Phi) is 2.57. The second kappa shape index (κ2) is 3.48. The van der Waals surface area contributed by atoms with E-state index in [2.05, 4.69) is 11.1 Å². The highest BCUT2D eigenvalue weighted by atomic mass is 15.1. The number of aryl methyl sites for hydroxylation is 1. The van der Waals surface area contributed by atoms with Crippen LogP contribution in [-0.2, 0) is 6.54 Å².